The fourth-order valence-corrected chi connectivity index (χ4v) is 4.42. The molecule has 3 N–H and O–H groups in total. The first-order chi connectivity index (χ1) is 9.84. The Morgan fingerprint density at radius 1 is 1.48 bits per heavy atom. The number of carbonyl (C=O) groups is 1. The monoisotopic (exact) mass is 311 g/mol. The van der Waals surface area contributed by atoms with Crippen LogP contribution in [0.5, 0.6) is 0 Å². The third kappa shape index (κ3) is 3.36. The minimum absolute atomic E-state index is 0.122. The molecule has 0 saturated carbocycles. The number of nitrogens with zero attached hydrogens (tertiary/aromatic N) is 1. The van der Waals surface area contributed by atoms with Crippen LogP contribution in [0, 0.1) is 0 Å². The van der Waals surface area contributed by atoms with E-state index in [1.165, 1.54) is 17.3 Å². The topological polar surface area (TPSA) is 92.5 Å². The molecule has 2 rings (SSSR count). The first-order valence-electron chi connectivity index (χ1n) is 7.00. The standard InChI is InChI=1S/C14H21N3O3S/c1-3-11-4-5-12(15)8-14(11)21(19,20)17-7-6-13(9-17)16-10(2)18/h4-5,8,13H,3,6-7,9,15H2,1-2H3,(H,16,18). The van der Waals surface area contributed by atoms with Crippen molar-refractivity contribution >= 4 is 21.6 Å². The van der Waals surface area contributed by atoms with Crippen molar-refractivity contribution in [3.8, 4) is 0 Å². The molecule has 6 nitrogen and oxygen atoms in total. The van der Waals surface area contributed by atoms with Crippen molar-refractivity contribution in [2.75, 3.05) is 18.8 Å². The first-order valence-corrected chi connectivity index (χ1v) is 8.44. The molecule has 1 aliphatic rings. The molecule has 1 saturated heterocycles. The molecular formula is C14H21N3O3S. The summed E-state index contributed by atoms with van der Waals surface area (Å²) in [6.45, 7) is 4.06. The highest BCUT2D eigenvalue weighted by molar-refractivity contribution is 7.89. The average molecular weight is 311 g/mol. The summed E-state index contributed by atoms with van der Waals surface area (Å²) in [5, 5.41) is 2.77. The Hall–Kier alpha value is -1.60. The molecule has 0 aromatic heterocycles. The zero-order valence-corrected chi connectivity index (χ0v) is 13.1. The van der Waals surface area contributed by atoms with Crippen molar-refractivity contribution in [1.82, 2.24) is 9.62 Å². The zero-order chi connectivity index (χ0) is 15.6. The first kappa shape index (κ1) is 15.8. The summed E-state index contributed by atoms with van der Waals surface area (Å²) >= 11 is 0. The second kappa shape index (κ2) is 6.03. The van der Waals surface area contributed by atoms with Crippen LogP contribution in [-0.2, 0) is 21.2 Å². The van der Waals surface area contributed by atoms with Gasteiger partial charge in [0, 0.05) is 31.7 Å². The Bertz CT molecular complexity index is 643. The van der Waals surface area contributed by atoms with Gasteiger partial charge < -0.3 is 11.1 Å². The maximum atomic E-state index is 12.8. The number of hydrogen-bond acceptors (Lipinski definition) is 4. The van der Waals surface area contributed by atoms with Crippen LogP contribution in [0.25, 0.3) is 0 Å². The van der Waals surface area contributed by atoms with Gasteiger partial charge in [0.1, 0.15) is 0 Å². The smallest absolute Gasteiger partial charge is 0.243 e. The van der Waals surface area contributed by atoms with Crippen LogP contribution in [0.3, 0.4) is 0 Å². The highest BCUT2D eigenvalue weighted by atomic mass is 32.2. The Kier molecular flexibility index (Phi) is 4.53. The minimum atomic E-state index is -3.57. The SMILES string of the molecule is CCc1ccc(N)cc1S(=O)(=O)N1CCC(NC(C)=O)C1. The molecule has 116 valence electrons. The second-order valence-corrected chi connectivity index (χ2v) is 7.18. The van der Waals surface area contributed by atoms with Crippen molar-refractivity contribution in [3.05, 3.63) is 23.8 Å². The lowest BCUT2D eigenvalue weighted by Crippen LogP contribution is -2.37. The average Bonchev–Trinajstić information content (AvgIpc) is 2.87. The van der Waals surface area contributed by atoms with Gasteiger partial charge in [-0.15, -0.1) is 0 Å². The van der Waals surface area contributed by atoms with Gasteiger partial charge in [-0.3, -0.25) is 4.79 Å². The third-order valence-electron chi connectivity index (χ3n) is 3.65. The van der Waals surface area contributed by atoms with E-state index >= 15 is 0 Å². The highest BCUT2D eigenvalue weighted by Gasteiger charge is 2.33. The van der Waals surface area contributed by atoms with Gasteiger partial charge >= 0.3 is 0 Å². The predicted molar refractivity (Wildman–Crippen MR) is 81.2 cm³/mol. The van der Waals surface area contributed by atoms with Crippen LogP contribution in [-0.4, -0.2) is 37.8 Å². The molecule has 0 bridgehead atoms. The molecule has 1 atom stereocenters. The van der Waals surface area contributed by atoms with Gasteiger partial charge in [0.2, 0.25) is 15.9 Å². The zero-order valence-electron chi connectivity index (χ0n) is 12.3. The lowest BCUT2D eigenvalue weighted by atomic mass is 10.1. The number of anilines is 1. The molecule has 0 spiro atoms. The summed E-state index contributed by atoms with van der Waals surface area (Å²) in [4.78, 5) is 11.3. The van der Waals surface area contributed by atoms with Gasteiger partial charge in [-0.1, -0.05) is 13.0 Å². The van der Waals surface area contributed by atoms with Gasteiger partial charge in [-0.2, -0.15) is 4.31 Å². The molecule has 1 fully saturated rings. The van der Waals surface area contributed by atoms with E-state index in [2.05, 4.69) is 5.32 Å². The minimum Gasteiger partial charge on any atom is -0.399 e. The summed E-state index contributed by atoms with van der Waals surface area (Å²) in [6, 6.07) is 4.86. The molecule has 1 aliphatic heterocycles. The second-order valence-electron chi connectivity index (χ2n) is 5.27. The van der Waals surface area contributed by atoms with E-state index in [9.17, 15) is 13.2 Å². The number of nitrogens with one attached hydrogen (secondary N) is 1. The lowest BCUT2D eigenvalue weighted by Gasteiger charge is -2.19. The Labute approximate surface area is 125 Å². The van der Waals surface area contributed by atoms with Crippen LogP contribution in [0.4, 0.5) is 5.69 Å². The van der Waals surface area contributed by atoms with Crippen molar-refractivity contribution in [2.45, 2.75) is 37.6 Å². The summed E-state index contributed by atoms with van der Waals surface area (Å²) in [6.07, 6.45) is 1.25. The van der Waals surface area contributed by atoms with Crippen molar-refractivity contribution in [2.24, 2.45) is 0 Å². The van der Waals surface area contributed by atoms with E-state index in [-0.39, 0.29) is 16.8 Å². The number of sulfonamides is 1. The quantitative estimate of drug-likeness (QED) is 0.802. The van der Waals surface area contributed by atoms with Crippen molar-refractivity contribution < 1.29 is 13.2 Å². The Balaban J connectivity index is 2.27. The van der Waals surface area contributed by atoms with Gasteiger partial charge in [0.05, 0.1) is 4.90 Å². The van der Waals surface area contributed by atoms with E-state index in [4.69, 9.17) is 5.73 Å². The maximum Gasteiger partial charge on any atom is 0.243 e. The molecule has 1 aromatic rings. The molecule has 0 aliphatic carbocycles. The fraction of sp³-hybridized carbons (Fsp3) is 0.500. The van der Waals surface area contributed by atoms with Crippen LogP contribution >= 0.6 is 0 Å². The largest absolute Gasteiger partial charge is 0.399 e. The normalized spacial score (nSPS) is 19.6. The van der Waals surface area contributed by atoms with Crippen molar-refractivity contribution in [1.29, 1.82) is 0 Å². The molecule has 0 radical (unpaired) electrons. The van der Waals surface area contributed by atoms with E-state index in [1.807, 2.05) is 6.92 Å². The number of nitrogens with two attached hydrogens (primary N) is 1. The molecule has 1 amide bonds. The molecule has 1 unspecified atom stereocenters. The molecular weight excluding hydrogens is 290 g/mol. The van der Waals surface area contributed by atoms with Gasteiger partial charge in [-0.05, 0) is 30.5 Å². The number of nitrogen functional groups attached to an aromatic ring is 1. The highest BCUT2D eigenvalue weighted by Crippen LogP contribution is 2.26. The van der Waals surface area contributed by atoms with Crippen LogP contribution in [0.1, 0.15) is 25.8 Å². The summed E-state index contributed by atoms with van der Waals surface area (Å²) < 4.78 is 26.9. The Morgan fingerprint density at radius 3 is 2.81 bits per heavy atom. The van der Waals surface area contributed by atoms with Gasteiger partial charge in [-0.25, -0.2) is 8.42 Å². The number of hydrogen-bond donors (Lipinski definition) is 2. The van der Waals surface area contributed by atoms with Gasteiger partial charge in [0.15, 0.2) is 0 Å². The third-order valence-corrected chi connectivity index (χ3v) is 5.60. The Morgan fingerprint density at radius 2 is 2.19 bits per heavy atom. The van der Waals surface area contributed by atoms with E-state index < -0.39 is 10.0 Å². The van der Waals surface area contributed by atoms with E-state index in [1.54, 1.807) is 12.1 Å². The summed E-state index contributed by atoms with van der Waals surface area (Å²) in [5.74, 6) is -0.141. The van der Waals surface area contributed by atoms with E-state index in [0.717, 1.165) is 5.56 Å². The summed E-state index contributed by atoms with van der Waals surface area (Å²) in [7, 11) is -3.57. The number of carbonyl (C=O) groups excluding carboxylic acids is 1. The summed E-state index contributed by atoms with van der Waals surface area (Å²) in [5.41, 5.74) is 6.92. The number of amides is 1. The molecule has 1 heterocycles. The van der Waals surface area contributed by atoms with Crippen LogP contribution in [0.2, 0.25) is 0 Å². The van der Waals surface area contributed by atoms with Gasteiger partial charge in [0.25, 0.3) is 0 Å². The number of rotatable bonds is 4. The predicted octanol–water partition coefficient (Wildman–Crippen LogP) is 0.730. The van der Waals surface area contributed by atoms with Crippen LogP contribution in [0.15, 0.2) is 23.1 Å². The fourth-order valence-electron chi connectivity index (χ4n) is 2.59. The molecule has 1 aromatic carbocycles. The van der Waals surface area contributed by atoms with Crippen molar-refractivity contribution in [3.63, 3.8) is 0 Å². The maximum absolute atomic E-state index is 12.8. The van der Waals surface area contributed by atoms with E-state index in [0.29, 0.717) is 31.6 Å². The van der Waals surface area contributed by atoms with Crippen LogP contribution < -0.4 is 11.1 Å². The number of benzene rings is 1. The molecule has 21 heavy (non-hydrogen) atoms. The lowest BCUT2D eigenvalue weighted by molar-refractivity contribution is -0.119. The molecule has 7 heteroatoms. The number of aryl methyl sites for hydroxylation is 1.